The molecule has 1 aromatic heterocycles. The van der Waals surface area contributed by atoms with Crippen LogP contribution in [0.1, 0.15) is 10.4 Å². The number of halogens is 1. The Balaban J connectivity index is 1.59. The average molecular weight is 463 g/mol. The molecule has 0 aliphatic rings. The van der Waals surface area contributed by atoms with Crippen LogP contribution in [0.4, 0.5) is 10.1 Å². The maximum Gasteiger partial charge on any atom is 0.339 e. The minimum absolute atomic E-state index is 0.00224. The van der Waals surface area contributed by atoms with Crippen LogP contribution >= 0.6 is 11.8 Å². The number of hydrogen-bond acceptors (Lipinski definition) is 6. The van der Waals surface area contributed by atoms with Gasteiger partial charge in [0.1, 0.15) is 5.82 Å². The Morgan fingerprint density at radius 1 is 0.970 bits per heavy atom. The van der Waals surface area contributed by atoms with Crippen LogP contribution in [-0.4, -0.2) is 39.5 Å². The van der Waals surface area contributed by atoms with Gasteiger partial charge in [-0.2, -0.15) is 0 Å². The van der Waals surface area contributed by atoms with Crippen molar-refractivity contribution >= 4 is 29.3 Å². The number of nitrogens with one attached hydrogen (secondary N) is 1. The van der Waals surface area contributed by atoms with Crippen LogP contribution in [0.15, 0.2) is 84.0 Å². The van der Waals surface area contributed by atoms with Gasteiger partial charge in [-0.25, -0.2) is 9.18 Å². The van der Waals surface area contributed by atoms with Crippen LogP contribution in [0.2, 0.25) is 0 Å². The summed E-state index contributed by atoms with van der Waals surface area (Å²) in [4.78, 5) is 24.6. The number of thioether (sulfide) groups is 1. The van der Waals surface area contributed by atoms with Crippen molar-refractivity contribution in [2.24, 2.45) is 0 Å². The minimum atomic E-state index is -0.545. The van der Waals surface area contributed by atoms with Gasteiger partial charge in [0.05, 0.1) is 29.7 Å². The van der Waals surface area contributed by atoms with Gasteiger partial charge in [0, 0.05) is 5.69 Å². The molecule has 3 aromatic carbocycles. The standard InChI is InChI=1S/C24H19FN4O3S/c1-32-23(31)18-12-6-8-14-20(18)26-21(30)15-33-24-28-27-22(17-11-5-7-13-19(17)25)29(24)16-9-3-2-4-10-16/h2-14H,15H2,1H3,(H,26,30). The number of aromatic nitrogens is 3. The minimum Gasteiger partial charge on any atom is -0.465 e. The zero-order chi connectivity index (χ0) is 23.2. The highest BCUT2D eigenvalue weighted by molar-refractivity contribution is 7.99. The second-order valence-corrected chi connectivity index (χ2v) is 7.77. The third kappa shape index (κ3) is 4.93. The molecule has 0 aliphatic heterocycles. The molecule has 166 valence electrons. The van der Waals surface area contributed by atoms with E-state index in [1.54, 1.807) is 47.0 Å². The van der Waals surface area contributed by atoms with Crippen molar-refractivity contribution in [3.05, 3.63) is 90.2 Å². The largest absolute Gasteiger partial charge is 0.465 e. The summed E-state index contributed by atoms with van der Waals surface area (Å²) in [7, 11) is 1.28. The summed E-state index contributed by atoms with van der Waals surface area (Å²) in [6.45, 7) is 0. The SMILES string of the molecule is COC(=O)c1ccccc1NC(=O)CSc1nnc(-c2ccccc2F)n1-c1ccccc1. The molecular weight excluding hydrogens is 443 g/mol. The first-order chi connectivity index (χ1) is 16.1. The lowest BCUT2D eigenvalue weighted by Gasteiger charge is -2.11. The second-order valence-electron chi connectivity index (χ2n) is 6.83. The molecule has 0 radical (unpaired) electrons. The highest BCUT2D eigenvalue weighted by Gasteiger charge is 2.20. The lowest BCUT2D eigenvalue weighted by atomic mass is 10.2. The molecule has 1 heterocycles. The van der Waals surface area contributed by atoms with Crippen LogP contribution in [0.3, 0.4) is 0 Å². The molecule has 0 bridgehead atoms. The molecule has 7 nitrogen and oxygen atoms in total. The number of esters is 1. The van der Waals surface area contributed by atoms with Crippen molar-refractivity contribution in [2.75, 3.05) is 18.2 Å². The number of ether oxygens (including phenoxy) is 1. The third-order valence-corrected chi connectivity index (χ3v) is 5.63. The summed E-state index contributed by atoms with van der Waals surface area (Å²) in [5, 5.41) is 11.5. The van der Waals surface area contributed by atoms with Gasteiger partial charge in [0.2, 0.25) is 5.91 Å². The summed E-state index contributed by atoms with van der Waals surface area (Å²) >= 11 is 1.15. The van der Waals surface area contributed by atoms with Crippen molar-refractivity contribution in [3.8, 4) is 17.1 Å². The molecule has 4 rings (SSSR count). The fourth-order valence-electron chi connectivity index (χ4n) is 3.19. The number of nitrogens with zero attached hydrogens (tertiary/aromatic N) is 3. The van der Waals surface area contributed by atoms with Gasteiger partial charge >= 0.3 is 5.97 Å². The zero-order valence-corrected chi connectivity index (χ0v) is 18.4. The molecule has 0 saturated carbocycles. The van der Waals surface area contributed by atoms with Crippen LogP contribution in [0.5, 0.6) is 0 Å². The smallest absolute Gasteiger partial charge is 0.339 e. The molecule has 4 aromatic rings. The number of para-hydroxylation sites is 2. The van der Waals surface area contributed by atoms with Gasteiger partial charge in [-0.1, -0.05) is 54.2 Å². The van der Waals surface area contributed by atoms with Gasteiger partial charge in [-0.15, -0.1) is 10.2 Å². The second kappa shape index (κ2) is 10.1. The molecule has 0 atom stereocenters. The number of hydrogen-bond donors (Lipinski definition) is 1. The Labute approximate surface area is 193 Å². The van der Waals surface area contributed by atoms with Crippen molar-refractivity contribution in [1.29, 1.82) is 0 Å². The van der Waals surface area contributed by atoms with E-state index in [1.165, 1.54) is 13.2 Å². The normalized spacial score (nSPS) is 10.6. The maximum absolute atomic E-state index is 14.5. The molecule has 0 unspecified atom stereocenters. The highest BCUT2D eigenvalue weighted by atomic mass is 32.2. The van der Waals surface area contributed by atoms with Gasteiger partial charge < -0.3 is 10.1 Å². The van der Waals surface area contributed by atoms with Crippen LogP contribution in [0, 0.1) is 5.82 Å². The summed E-state index contributed by atoms with van der Waals surface area (Å²) in [6.07, 6.45) is 0. The van der Waals surface area contributed by atoms with Gasteiger partial charge in [-0.3, -0.25) is 9.36 Å². The number of rotatable bonds is 7. The Morgan fingerprint density at radius 3 is 2.42 bits per heavy atom. The lowest BCUT2D eigenvalue weighted by molar-refractivity contribution is -0.113. The van der Waals surface area contributed by atoms with E-state index in [0.717, 1.165) is 17.4 Å². The van der Waals surface area contributed by atoms with Crippen LogP contribution < -0.4 is 5.32 Å². The molecule has 1 N–H and O–H groups in total. The molecule has 0 saturated heterocycles. The summed E-state index contributed by atoms with van der Waals surface area (Å²) in [5.74, 6) is -0.977. The van der Waals surface area contributed by atoms with Crippen molar-refractivity contribution < 1.29 is 18.7 Å². The maximum atomic E-state index is 14.5. The Kier molecular flexibility index (Phi) is 6.80. The number of methoxy groups -OCH3 is 1. The first-order valence-corrected chi connectivity index (χ1v) is 10.9. The van der Waals surface area contributed by atoms with E-state index >= 15 is 0 Å². The predicted molar refractivity (Wildman–Crippen MR) is 124 cm³/mol. The van der Waals surface area contributed by atoms with Crippen molar-refractivity contribution in [3.63, 3.8) is 0 Å². The third-order valence-electron chi connectivity index (χ3n) is 4.70. The van der Waals surface area contributed by atoms with Crippen molar-refractivity contribution in [1.82, 2.24) is 14.8 Å². The quantitative estimate of drug-likeness (QED) is 0.319. The summed E-state index contributed by atoms with van der Waals surface area (Å²) in [6, 6.07) is 22.2. The van der Waals surface area contributed by atoms with Crippen molar-refractivity contribution in [2.45, 2.75) is 5.16 Å². The molecule has 0 spiro atoms. The number of amides is 1. The fourth-order valence-corrected chi connectivity index (χ4v) is 3.94. The van der Waals surface area contributed by atoms with E-state index < -0.39 is 11.8 Å². The average Bonchev–Trinajstić information content (AvgIpc) is 3.27. The first-order valence-electron chi connectivity index (χ1n) is 9.94. The Hall–Kier alpha value is -3.98. The number of carbonyl (C=O) groups is 2. The molecular formula is C24H19FN4O3S. The summed E-state index contributed by atoms with van der Waals surface area (Å²) < 4.78 is 20.9. The fraction of sp³-hybridized carbons (Fsp3) is 0.0833. The van der Waals surface area contributed by atoms with E-state index in [1.807, 2.05) is 30.3 Å². The molecule has 33 heavy (non-hydrogen) atoms. The van der Waals surface area contributed by atoms with E-state index in [0.29, 0.717) is 22.2 Å². The molecule has 1 amide bonds. The highest BCUT2D eigenvalue weighted by Crippen LogP contribution is 2.29. The summed E-state index contributed by atoms with van der Waals surface area (Å²) in [5.41, 5.74) is 1.65. The van der Waals surface area contributed by atoms with Gasteiger partial charge in [0.15, 0.2) is 11.0 Å². The van der Waals surface area contributed by atoms with Gasteiger partial charge in [0.25, 0.3) is 0 Å². The first kappa shape index (κ1) is 22.2. The van der Waals surface area contributed by atoms with E-state index in [9.17, 15) is 14.0 Å². The number of anilines is 1. The number of carbonyl (C=O) groups excluding carboxylic acids is 2. The van der Waals surface area contributed by atoms with Gasteiger partial charge in [-0.05, 0) is 36.4 Å². The lowest BCUT2D eigenvalue weighted by Crippen LogP contribution is -2.17. The monoisotopic (exact) mass is 462 g/mol. The number of benzene rings is 3. The molecule has 0 fully saturated rings. The molecule has 9 heteroatoms. The van der Waals surface area contributed by atoms with E-state index in [2.05, 4.69) is 15.5 Å². The molecule has 0 aliphatic carbocycles. The Bertz CT molecular complexity index is 1290. The zero-order valence-electron chi connectivity index (χ0n) is 17.6. The Morgan fingerprint density at radius 2 is 1.67 bits per heavy atom. The van der Waals surface area contributed by atoms with Crippen LogP contribution in [-0.2, 0) is 9.53 Å². The van der Waals surface area contributed by atoms with E-state index in [4.69, 9.17) is 4.74 Å². The predicted octanol–water partition coefficient (Wildman–Crippen LogP) is 4.59. The van der Waals surface area contributed by atoms with Crippen LogP contribution in [0.25, 0.3) is 17.1 Å². The topological polar surface area (TPSA) is 86.1 Å². The van der Waals surface area contributed by atoms with E-state index in [-0.39, 0.29) is 17.2 Å².